The fraction of sp³-hybridized carbons (Fsp3) is 0.308. The fourth-order valence-corrected chi connectivity index (χ4v) is 3.12. The van der Waals surface area contributed by atoms with Crippen LogP contribution in [0, 0.1) is 0 Å². The minimum absolute atomic E-state index is 0.0551. The average Bonchev–Trinajstić information content (AvgIpc) is 2.82. The summed E-state index contributed by atoms with van der Waals surface area (Å²) in [6.07, 6.45) is 2.67. The van der Waals surface area contributed by atoms with Gasteiger partial charge in [0.15, 0.2) is 0 Å². The van der Waals surface area contributed by atoms with Crippen LogP contribution in [0.5, 0.6) is 0 Å². The summed E-state index contributed by atoms with van der Waals surface area (Å²) < 4.78 is 25.3. The zero-order chi connectivity index (χ0) is 14.0. The highest BCUT2D eigenvalue weighted by atomic mass is 35.5. The highest BCUT2D eigenvalue weighted by Crippen LogP contribution is 2.24. The number of aromatic nitrogens is 2. The van der Waals surface area contributed by atoms with Crippen LogP contribution in [-0.2, 0) is 15.7 Å². The van der Waals surface area contributed by atoms with Gasteiger partial charge in [-0.25, -0.2) is 13.4 Å². The van der Waals surface area contributed by atoms with E-state index in [2.05, 4.69) is 4.98 Å². The number of alkyl halides is 1. The normalized spacial score (nSPS) is 13.4. The SMILES string of the molecule is CC(c1ccccc1)n1c(CCl)cnc1S(C)(=O)=O. The molecule has 0 saturated heterocycles. The van der Waals surface area contributed by atoms with Gasteiger partial charge in [-0.15, -0.1) is 11.6 Å². The lowest BCUT2D eigenvalue weighted by Gasteiger charge is -2.18. The van der Waals surface area contributed by atoms with E-state index in [1.807, 2.05) is 37.3 Å². The molecular weight excluding hydrogens is 284 g/mol. The van der Waals surface area contributed by atoms with Gasteiger partial charge in [0.05, 0.1) is 23.8 Å². The number of nitrogens with zero attached hydrogens (tertiary/aromatic N) is 2. The first kappa shape index (κ1) is 14.1. The molecule has 6 heteroatoms. The molecule has 1 heterocycles. The maximum atomic E-state index is 11.8. The van der Waals surface area contributed by atoms with Crippen molar-refractivity contribution in [1.82, 2.24) is 9.55 Å². The van der Waals surface area contributed by atoms with Crippen LogP contribution in [0.15, 0.2) is 41.7 Å². The van der Waals surface area contributed by atoms with Crippen molar-refractivity contribution in [3.63, 3.8) is 0 Å². The predicted octanol–water partition coefficient (Wildman–Crippen LogP) is 2.63. The molecule has 0 amide bonds. The molecular formula is C13H15ClN2O2S. The number of halogens is 1. The largest absolute Gasteiger partial charge is 0.311 e. The molecule has 2 rings (SSSR count). The minimum Gasteiger partial charge on any atom is -0.311 e. The van der Waals surface area contributed by atoms with E-state index in [9.17, 15) is 8.42 Å². The van der Waals surface area contributed by atoms with Crippen LogP contribution in [0.2, 0.25) is 0 Å². The predicted molar refractivity (Wildman–Crippen MR) is 75.1 cm³/mol. The van der Waals surface area contributed by atoms with Crippen molar-refractivity contribution < 1.29 is 8.42 Å². The van der Waals surface area contributed by atoms with Crippen molar-refractivity contribution >= 4 is 21.4 Å². The van der Waals surface area contributed by atoms with Crippen molar-refractivity contribution in [1.29, 1.82) is 0 Å². The number of sulfone groups is 1. The molecule has 1 aromatic heterocycles. The van der Waals surface area contributed by atoms with Gasteiger partial charge in [-0.2, -0.15) is 0 Å². The molecule has 2 aromatic rings. The van der Waals surface area contributed by atoms with Crippen molar-refractivity contribution in [2.24, 2.45) is 0 Å². The van der Waals surface area contributed by atoms with E-state index in [4.69, 9.17) is 11.6 Å². The lowest BCUT2D eigenvalue weighted by atomic mass is 10.1. The molecule has 0 saturated carbocycles. The maximum Gasteiger partial charge on any atom is 0.228 e. The van der Waals surface area contributed by atoms with Gasteiger partial charge in [0, 0.05) is 6.26 Å². The molecule has 4 nitrogen and oxygen atoms in total. The third-order valence-corrected chi connectivity index (χ3v) is 4.22. The van der Waals surface area contributed by atoms with Gasteiger partial charge in [-0.1, -0.05) is 30.3 Å². The summed E-state index contributed by atoms with van der Waals surface area (Å²) in [7, 11) is -3.38. The number of hydrogen-bond acceptors (Lipinski definition) is 3. The third kappa shape index (κ3) is 2.82. The molecule has 0 aliphatic rings. The highest BCUT2D eigenvalue weighted by Gasteiger charge is 2.22. The number of benzene rings is 1. The van der Waals surface area contributed by atoms with E-state index in [1.165, 1.54) is 6.20 Å². The van der Waals surface area contributed by atoms with Crippen LogP contribution in [0.4, 0.5) is 0 Å². The first-order valence-corrected chi connectivity index (χ1v) is 8.25. The van der Waals surface area contributed by atoms with E-state index in [1.54, 1.807) is 4.57 Å². The zero-order valence-electron chi connectivity index (χ0n) is 10.7. The molecule has 0 radical (unpaired) electrons. The first-order chi connectivity index (χ1) is 8.95. The van der Waals surface area contributed by atoms with Gasteiger partial charge in [0.2, 0.25) is 15.0 Å². The van der Waals surface area contributed by atoms with Crippen molar-refractivity contribution in [3.05, 3.63) is 47.8 Å². The Kier molecular flexibility index (Phi) is 3.96. The fourth-order valence-electron chi connectivity index (χ4n) is 2.05. The van der Waals surface area contributed by atoms with Gasteiger partial charge in [-0.3, -0.25) is 0 Å². The van der Waals surface area contributed by atoms with E-state index in [0.29, 0.717) is 5.69 Å². The van der Waals surface area contributed by atoms with E-state index >= 15 is 0 Å². The highest BCUT2D eigenvalue weighted by molar-refractivity contribution is 7.90. The van der Waals surface area contributed by atoms with Crippen LogP contribution in [0.1, 0.15) is 24.2 Å². The standard InChI is InChI=1S/C13H15ClN2O2S/c1-10(11-6-4-3-5-7-11)16-12(8-14)9-15-13(16)19(2,17)18/h3-7,9-10H,8H2,1-2H3. The lowest BCUT2D eigenvalue weighted by Crippen LogP contribution is -2.16. The molecule has 0 bridgehead atoms. The second kappa shape index (κ2) is 5.35. The van der Waals surface area contributed by atoms with Crippen LogP contribution in [0.3, 0.4) is 0 Å². The first-order valence-electron chi connectivity index (χ1n) is 5.82. The van der Waals surface area contributed by atoms with Gasteiger partial charge in [0.25, 0.3) is 0 Å². The summed E-state index contributed by atoms with van der Waals surface area (Å²) >= 11 is 5.87. The van der Waals surface area contributed by atoms with Gasteiger partial charge < -0.3 is 4.57 Å². The quantitative estimate of drug-likeness (QED) is 0.815. The zero-order valence-corrected chi connectivity index (χ0v) is 12.3. The maximum absolute atomic E-state index is 11.8. The Balaban J connectivity index is 2.58. The smallest absolute Gasteiger partial charge is 0.228 e. The lowest BCUT2D eigenvalue weighted by molar-refractivity contribution is 0.534. The Hall–Kier alpha value is -1.33. The summed E-state index contributed by atoms with van der Waals surface area (Å²) in [5.41, 5.74) is 1.70. The van der Waals surface area contributed by atoms with Crippen LogP contribution in [-0.4, -0.2) is 24.2 Å². The summed E-state index contributed by atoms with van der Waals surface area (Å²) in [4.78, 5) is 4.00. The number of rotatable bonds is 4. The molecule has 0 spiro atoms. The molecule has 0 fully saturated rings. The van der Waals surface area contributed by atoms with Crippen molar-refractivity contribution in [2.45, 2.75) is 24.0 Å². The third-order valence-electron chi connectivity index (χ3n) is 2.98. The topological polar surface area (TPSA) is 52.0 Å². The van der Waals surface area contributed by atoms with E-state index in [0.717, 1.165) is 11.8 Å². The Morgan fingerprint density at radius 3 is 2.47 bits per heavy atom. The summed E-state index contributed by atoms with van der Waals surface area (Å²) in [5.74, 6) is 0.222. The van der Waals surface area contributed by atoms with Crippen LogP contribution in [0.25, 0.3) is 0 Å². The Morgan fingerprint density at radius 2 is 1.95 bits per heavy atom. The monoisotopic (exact) mass is 298 g/mol. The summed E-state index contributed by atoms with van der Waals surface area (Å²) in [6.45, 7) is 1.93. The second-order valence-electron chi connectivity index (χ2n) is 4.39. The number of imidazole rings is 1. The minimum atomic E-state index is -3.38. The molecule has 0 N–H and O–H groups in total. The van der Waals surface area contributed by atoms with Crippen molar-refractivity contribution in [2.75, 3.05) is 6.26 Å². The average molecular weight is 299 g/mol. The second-order valence-corrected chi connectivity index (χ2v) is 6.57. The Labute approximate surface area is 118 Å². The van der Waals surface area contributed by atoms with Crippen LogP contribution < -0.4 is 0 Å². The molecule has 102 valence electrons. The number of hydrogen-bond donors (Lipinski definition) is 0. The molecule has 0 aliphatic heterocycles. The van der Waals surface area contributed by atoms with E-state index in [-0.39, 0.29) is 17.1 Å². The van der Waals surface area contributed by atoms with Gasteiger partial charge in [0.1, 0.15) is 0 Å². The molecule has 1 atom stereocenters. The molecule has 1 aromatic carbocycles. The Bertz CT molecular complexity index is 665. The summed E-state index contributed by atoms with van der Waals surface area (Å²) in [5, 5.41) is 0.0551. The molecule has 0 aliphatic carbocycles. The van der Waals surface area contributed by atoms with E-state index < -0.39 is 9.84 Å². The van der Waals surface area contributed by atoms with Crippen LogP contribution >= 0.6 is 11.6 Å². The summed E-state index contributed by atoms with van der Waals surface area (Å²) in [6, 6.07) is 9.53. The van der Waals surface area contributed by atoms with Gasteiger partial charge >= 0.3 is 0 Å². The van der Waals surface area contributed by atoms with Crippen molar-refractivity contribution in [3.8, 4) is 0 Å². The molecule has 1 unspecified atom stereocenters. The molecule has 19 heavy (non-hydrogen) atoms. The Morgan fingerprint density at radius 1 is 1.32 bits per heavy atom. The van der Waals surface area contributed by atoms with Gasteiger partial charge in [-0.05, 0) is 12.5 Å².